The summed E-state index contributed by atoms with van der Waals surface area (Å²) in [6.45, 7) is 17.6. The van der Waals surface area contributed by atoms with Crippen molar-refractivity contribution in [3.8, 4) is 0 Å². The molecule has 6 heteroatoms. The van der Waals surface area contributed by atoms with E-state index in [-0.39, 0.29) is 12.0 Å². The summed E-state index contributed by atoms with van der Waals surface area (Å²) in [5.41, 5.74) is 11.0. The molecule has 4 N–H and O–H groups in total. The quantitative estimate of drug-likeness (QED) is 0.243. The Bertz CT molecular complexity index is 804. The zero-order valence-corrected chi connectivity index (χ0v) is 21.4. The van der Waals surface area contributed by atoms with Crippen LogP contribution in [0.25, 0.3) is 0 Å². The van der Waals surface area contributed by atoms with Crippen LogP contribution in [-0.2, 0) is 12.0 Å². The minimum Gasteiger partial charge on any atom is -0.391 e. The summed E-state index contributed by atoms with van der Waals surface area (Å²) in [6.07, 6.45) is 0. The summed E-state index contributed by atoms with van der Waals surface area (Å²) in [4.78, 5) is 6.48. The number of hydrogen-bond acceptors (Lipinski definition) is 4. The number of nitrogens with two attached hydrogens (primary N) is 1. The van der Waals surface area contributed by atoms with E-state index in [1.807, 2.05) is 6.07 Å². The molecule has 0 atom stereocenters. The second kappa shape index (κ2) is 11.8. The number of aliphatic hydroxyl groups is 1. The van der Waals surface area contributed by atoms with Crippen LogP contribution in [0.4, 0.5) is 5.69 Å². The fourth-order valence-electron chi connectivity index (χ4n) is 3.01. The highest BCUT2D eigenvalue weighted by molar-refractivity contribution is 7.80. The van der Waals surface area contributed by atoms with Crippen LogP contribution in [0.3, 0.4) is 0 Å². The van der Waals surface area contributed by atoms with E-state index in [9.17, 15) is 0 Å². The van der Waals surface area contributed by atoms with E-state index in [0.717, 1.165) is 10.6 Å². The number of hydrogen-bond donors (Lipinski definition) is 4. The lowest BCUT2D eigenvalue weighted by Crippen LogP contribution is -2.24. The van der Waals surface area contributed by atoms with E-state index >= 15 is 0 Å². The van der Waals surface area contributed by atoms with Crippen molar-refractivity contribution < 1.29 is 5.11 Å². The van der Waals surface area contributed by atoms with Crippen LogP contribution in [0.15, 0.2) is 29.3 Å². The molecule has 0 unspecified atom stereocenters. The van der Waals surface area contributed by atoms with Crippen LogP contribution in [0, 0.1) is 6.92 Å². The van der Waals surface area contributed by atoms with Crippen molar-refractivity contribution in [3.63, 3.8) is 0 Å². The zero-order valence-electron chi connectivity index (χ0n) is 19.7. The maximum atomic E-state index is 8.83. The number of aliphatic imine (C=N–C) groups is 1. The molecule has 0 radical (unpaired) electrons. The van der Waals surface area contributed by atoms with E-state index in [2.05, 4.69) is 96.5 Å². The number of aryl methyl sites for hydroxylation is 1. The van der Waals surface area contributed by atoms with Crippen LogP contribution in [0.2, 0.25) is 0 Å². The first-order valence-corrected chi connectivity index (χ1v) is 11.9. The van der Waals surface area contributed by atoms with Crippen LogP contribution in [0.5, 0.6) is 0 Å². The molecular weight excluding hydrogens is 410 g/mol. The molecular formula is C24H39N3OS2. The Kier molecular flexibility index (Phi) is 10.4. The molecule has 0 amide bonds. The maximum Gasteiger partial charge on any atom is 0.193 e. The molecule has 0 saturated heterocycles. The number of thiol groups is 1. The summed E-state index contributed by atoms with van der Waals surface area (Å²) >= 11 is 5.76. The molecule has 1 heterocycles. The second-order valence-corrected chi connectivity index (χ2v) is 10.6. The van der Waals surface area contributed by atoms with Gasteiger partial charge < -0.3 is 16.2 Å². The molecule has 0 fully saturated rings. The summed E-state index contributed by atoms with van der Waals surface area (Å²) in [5, 5.41) is 12.1. The predicted molar refractivity (Wildman–Crippen MR) is 137 cm³/mol. The maximum absolute atomic E-state index is 8.83. The molecule has 2 aromatic rings. The van der Waals surface area contributed by atoms with Gasteiger partial charge >= 0.3 is 0 Å². The van der Waals surface area contributed by atoms with Gasteiger partial charge in [0.25, 0.3) is 0 Å². The molecule has 1 aromatic heterocycles. The van der Waals surface area contributed by atoms with Crippen LogP contribution in [0.1, 0.15) is 86.7 Å². The average Bonchev–Trinajstić information content (AvgIpc) is 3.13. The standard InChI is InChI=1S/C15H25N3S.C9H14OS/c1-9(2)12-6-11(5)7-13(10(3)4)14(12)18-15(16)17-8-19;1-9(2,3)8-5-4-7(6-10)11-8/h6-7,9-10,19H,8H2,1-5H3,(H3,16,17,18);4-5,10H,6H2,1-3H3. The number of aliphatic hydroxyl groups excluding tert-OH is 1. The molecule has 0 saturated carbocycles. The van der Waals surface area contributed by atoms with Crippen LogP contribution in [-0.4, -0.2) is 16.9 Å². The first kappa shape index (κ1) is 26.5. The molecule has 168 valence electrons. The Morgan fingerprint density at radius 2 is 1.67 bits per heavy atom. The molecule has 1 aromatic carbocycles. The Labute approximate surface area is 192 Å². The molecule has 30 heavy (non-hydrogen) atoms. The number of rotatable bonds is 5. The molecule has 4 nitrogen and oxygen atoms in total. The van der Waals surface area contributed by atoms with Crippen molar-refractivity contribution in [2.75, 3.05) is 11.2 Å². The van der Waals surface area contributed by atoms with E-state index in [1.54, 1.807) is 11.3 Å². The molecule has 0 bridgehead atoms. The van der Waals surface area contributed by atoms with Gasteiger partial charge in [-0.3, -0.25) is 0 Å². The first-order valence-electron chi connectivity index (χ1n) is 10.4. The van der Waals surface area contributed by atoms with E-state index in [0.29, 0.717) is 23.7 Å². The Morgan fingerprint density at radius 3 is 2.00 bits per heavy atom. The summed E-state index contributed by atoms with van der Waals surface area (Å²) in [7, 11) is 0. The molecule has 0 aliphatic heterocycles. The first-order chi connectivity index (χ1) is 13.9. The highest BCUT2D eigenvalue weighted by Crippen LogP contribution is 2.33. The van der Waals surface area contributed by atoms with Gasteiger partial charge in [-0.15, -0.1) is 11.3 Å². The molecule has 0 aliphatic carbocycles. The third-order valence-electron chi connectivity index (χ3n) is 4.64. The zero-order chi connectivity index (χ0) is 23.1. The number of nitrogens with one attached hydrogen (secondary N) is 1. The van der Waals surface area contributed by atoms with Gasteiger partial charge in [-0.2, -0.15) is 12.6 Å². The van der Waals surface area contributed by atoms with Gasteiger partial charge in [0, 0.05) is 15.4 Å². The second-order valence-electron chi connectivity index (χ2n) is 9.11. The number of guanidine groups is 1. The van der Waals surface area contributed by atoms with Gasteiger partial charge in [0.15, 0.2) is 5.96 Å². The SMILES string of the molecule is CC(C)(C)c1ccc(CO)s1.Cc1cc(C(C)C)c(N/C(N)=N/CS)c(C(C)C)c1. The highest BCUT2D eigenvalue weighted by atomic mass is 32.1. The van der Waals surface area contributed by atoms with Crippen molar-refractivity contribution >= 4 is 35.6 Å². The van der Waals surface area contributed by atoms with Gasteiger partial charge in [-0.05, 0) is 47.4 Å². The fourth-order valence-corrected chi connectivity index (χ4v) is 4.09. The minimum atomic E-state index is 0.167. The average molecular weight is 450 g/mol. The van der Waals surface area contributed by atoms with Gasteiger partial charge in [0.05, 0.1) is 12.5 Å². The summed E-state index contributed by atoms with van der Waals surface area (Å²) in [5.74, 6) is 1.67. The molecule has 0 spiro atoms. The van der Waals surface area contributed by atoms with Crippen molar-refractivity contribution in [1.29, 1.82) is 0 Å². The predicted octanol–water partition coefficient (Wildman–Crippen LogP) is 6.39. The number of thiophene rings is 1. The third-order valence-corrected chi connectivity index (χ3v) is 6.28. The van der Waals surface area contributed by atoms with Crippen molar-refractivity contribution in [2.24, 2.45) is 10.7 Å². The highest BCUT2D eigenvalue weighted by Gasteiger charge is 2.16. The van der Waals surface area contributed by atoms with E-state index in [4.69, 9.17) is 10.8 Å². The smallest absolute Gasteiger partial charge is 0.193 e. The summed E-state index contributed by atoms with van der Waals surface area (Å²) < 4.78 is 0. The number of nitrogens with zero attached hydrogens (tertiary/aromatic N) is 1. The Balaban J connectivity index is 0.000000346. The van der Waals surface area contributed by atoms with Gasteiger partial charge in [-0.25, -0.2) is 4.99 Å². The van der Waals surface area contributed by atoms with Crippen molar-refractivity contribution in [1.82, 2.24) is 0 Å². The van der Waals surface area contributed by atoms with Crippen LogP contribution < -0.4 is 11.1 Å². The van der Waals surface area contributed by atoms with Crippen LogP contribution >= 0.6 is 24.0 Å². The lowest BCUT2D eigenvalue weighted by atomic mass is 9.90. The van der Waals surface area contributed by atoms with Crippen molar-refractivity contribution in [2.45, 2.75) is 79.2 Å². The number of benzene rings is 1. The Morgan fingerprint density at radius 1 is 1.13 bits per heavy atom. The normalized spacial score (nSPS) is 12.2. The summed E-state index contributed by atoms with van der Waals surface area (Å²) in [6, 6.07) is 8.52. The topological polar surface area (TPSA) is 70.6 Å². The minimum absolute atomic E-state index is 0.167. The lowest BCUT2D eigenvalue weighted by Gasteiger charge is -2.21. The monoisotopic (exact) mass is 449 g/mol. The van der Waals surface area contributed by atoms with Crippen molar-refractivity contribution in [3.05, 3.63) is 50.7 Å². The number of anilines is 1. The third kappa shape index (κ3) is 7.97. The van der Waals surface area contributed by atoms with Gasteiger partial charge in [0.2, 0.25) is 0 Å². The largest absolute Gasteiger partial charge is 0.391 e. The van der Waals surface area contributed by atoms with E-state index < -0.39 is 0 Å². The van der Waals surface area contributed by atoms with E-state index in [1.165, 1.54) is 21.6 Å². The van der Waals surface area contributed by atoms with Gasteiger partial charge in [-0.1, -0.05) is 66.2 Å². The van der Waals surface area contributed by atoms with Gasteiger partial charge in [0.1, 0.15) is 0 Å². The Hall–Kier alpha value is -1.50. The lowest BCUT2D eigenvalue weighted by molar-refractivity contribution is 0.285. The fraction of sp³-hybridized carbons (Fsp3) is 0.542. The molecule has 0 aliphatic rings. The molecule has 2 rings (SSSR count).